The maximum atomic E-state index is 12.3. The second-order valence-electron chi connectivity index (χ2n) is 7.71. The van der Waals surface area contributed by atoms with Crippen molar-refractivity contribution in [3.8, 4) is 0 Å². The van der Waals surface area contributed by atoms with E-state index in [4.69, 9.17) is 0 Å². The molecule has 2 aliphatic carbocycles. The van der Waals surface area contributed by atoms with E-state index in [1.165, 1.54) is 36.2 Å². The molecule has 2 amide bonds. The van der Waals surface area contributed by atoms with Crippen molar-refractivity contribution in [2.24, 2.45) is 17.8 Å². The molecule has 3 rings (SSSR count). The number of hydrogen-bond donors (Lipinski definition) is 2. The highest BCUT2D eigenvalue weighted by Crippen LogP contribution is 2.49. The molecule has 0 aromatic heterocycles. The first-order valence-corrected chi connectivity index (χ1v) is 10.7. The average Bonchev–Trinajstić information content (AvgIpc) is 3.09. The number of sulfonamides is 1. The molecule has 5 unspecified atom stereocenters. The maximum Gasteiger partial charge on any atom is 0.315 e. The molecule has 132 valence electrons. The van der Waals surface area contributed by atoms with Gasteiger partial charge in [-0.2, -0.15) is 0 Å². The molecule has 0 aromatic rings. The third-order valence-electron chi connectivity index (χ3n) is 5.98. The largest absolute Gasteiger partial charge is 0.335 e. The average molecular weight is 343 g/mol. The Morgan fingerprint density at radius 3 is 2.61 bits per heavy atom. The van der Waals surface area contributed by atoms with Crippen molar-refractivity contribution < 1.29 is 13.2 Å². The SMILES string of the molecule is CC(NC(=O)NC1CCCN(S(C)(=O)=O)C1)C1CC2CCC1C2. The van der Waals surface area contributed by atoms with Gasteiger partial charge in [0, 0.05) is 25.2 Å². The minimum Gasteiger partial charge on any atom is -0.335 e. The molecule has 2 bridgehead atoms. The summed E-state index contributed by atoms with van der Waals surface area (Å²) in [5.74, 6) is 2.27. The number of carbonyl (C=O) groups excluding carboxylic acids is 1. The quantitative estimate of drug-likeness (QED) is 0.812. The first-order chi connectivity index (χ1) is 10.8. The predicted octanol–water partition coefficient (Wildman–Crippen LogP) is 1.53. The van der Waals surface area contributed by atoms with Gasteiger partial charge < -0.3 is 10.6 Å². The molecule has 0 radical (unpaired) electrons. The zero-order valence-electron chi connectivity index (χ0n) is 14.1. The van der Waals surface area contributed by atoms with Crippen molar-refractivity contribution in [3.05, 3.63) is 0 Å². The third kappa shape index (κ3) is 3.99. The summed E-state index contributed by atoms with van der Waals surface area (Å²) in [4.78, 5) is 12.3. The fourth-order valence-electron chi connectivity index (χ4n) is 4.81. The van der Waals surface area contributed by atoms with Crippen LogP contribution in [0.25, 0.3) is 0 Å². The van der Waals surface area contributed by atoms with Crippen LogP contribution in [0.2, 0.25) is 0 Å². The van der Waals surface area contributed by atoms with Gasteiger partial charge in [-0.3, -0.25) is 0 Å². The van der Waals surface area contributed by atoms with E-state index in [9.17, 15) is 13.2 Å². The molecule has 0 aromatic carbocycles. The van der Waals surface area contributed by atoms with Crippen molar-refractivity contribution in [3.63, 3.8) is 0 Å². The van der Waals surface area contributed by atoms with Crippen LogP contribution in [0.5, 0.6) is 0 Å². The Bertz CT molecular complexity index is 551. The van der Waals surface area contributed by atoms with Crippen molar-refractivity contribution in [2.75, 3.05) is 19.3 Å². The molecule has 7 heteroatoms. The number of rotatable bonds is 4. The summed E-state index contributed by atoms with van der Waals surface area (Å²) < 4.78 is 24.7. The van der Waals surface area contributed by atoms with Crippen LogP contribution in [0.3, 0.4) is 0 Å². The van der Waals surface area contributed by atoms with Crippen molar-refractivity contribution in [1.82, 2.24) is 14.9 Å². The smallest absolute Gasteiger partial charge is 0.315 e. The van der Waals surface area contributed by atoms with E-state index in [2.05, 4.69) is 17.6 Å². The lowest BCUT2D eigenvalue weighted by Gasteiger charge is -2.33. The topological polar surface area (TPSA) is 78.5 Å². The number of urea groups is 1. The highest BCUT2D eigenvalue weighted by molar-refractivity contribution is 7.88. The molecule has 3 fully saturated rings. The fraction of sp³-hybridized carbons (Fsp3) is 0.938. The number of nitrogens with zero attached hydrogens (tertiary/aromatic N) is 1. The third-order valence-corrected chi connectivity index (χ3v) is 7.25. The Kier molecular flexibility index (Phi) is 4.88. The number of nitrogens with one attached hydrogen (secondary N) is 2. The van der Waals surface area contributed by atoms with E-state index < -0.39 is 10.0 Å². The van der Waals surface area contributed by atoms with Gasteiger partial charge in [-0.25, -0.2) is 17.5 Å². The Hall–Kier alpha value is -0.820. The van der Waals surface area contributed by atoms with Gasteiger partial charge in [0.05, 0.1) is 6.26 Å². The predicted molar refractivity (Wildman–Crippen MR) is 89.5 cm³/mol. The molecular weight excluding hydrogens is 314 g/mol. The first-order valence-electron chi connectivity index (χ1n) is 8.85. The van der Waals surface area contributed by atoms with Gasteiger partial charge in [-0.05, 0) is 56.8 Å². The van der Waals surface area contributed by atoms with Crippen LogP contribution in [-0.2, 0) is 10.0 Å². The summed E-state index contributed by atoms with van der Waals surface area (Å²) in [6.07, 6.45) is 8.12. The number of hydrogen-bond acceptors (Lipinski definition) is 3. The van der Waals surface area contributed by atoms with Crippen LogP contribution in [0.15, 0.2) is 0 Å². The normalized spacial score (nSPS) is 35.9. The van der Waals surface area contributed by atoms with Gasteiger partial charge in [-0.1, -0.05) is 6.42 Å². The summed E-state index contributed by atoms with van der Waals surface area (Å²) >= 11 is 0. The van der Waals surface area contributed by atoms with Crippen LogP contribution >= 0.6 is 0 Å². The highest BCUT2D eigenvalue weighted by atomic mass is 32.2. The summed E-state index contributed by atoms with van der Waals surface area (Å²) in [7, 11) is -3.17. The summed E-state index contributed by atoms with van der Waals surface area (Å²) in [5.41, 5.74) is 0. The minimum absolute atomic E-state index is 0.0919. The Morgan fingerprint density at radius 2 is 2.00 bits per heavy atom. The van der Waals surface area contributed by atoms with Crippen LogP contribution in [0.1, 0.15) is 45.4 Å². The molecule has 5 atom stereocenters. The molecule has 2 saturated carbocycles. The Morgan fingerprint density at radius 1 is 1.22 bits per heavy atom. The Labute approximate surface area is 139 Å². The van der Waals surface area contributed by atoms with Crippen molar-refractivity contribution in [2.45, 2.75) is 57.5 Å². The molecular formula is C16H29N3O3S. The van der Waals surface area contributed by atoms with Gasteiger partial charge in [0.25, 0.3) is 0 Å². The zero-order valence-corrected chi connectivity index (χ0v) is 14.9. The summed E-state index contributed by atoms with van der Waals surface area (Å²) in [6.45, 7) is 3.05. The molecule has 6 nitrogen and oxygen atoms in total. The van der Waals surface area contributed by atoms with Gasteiger partial charge in [0.15, 0.2) is 0 Å². The fourth-order valence-corrected chi connectivity index (χ4v) is 5.72. The van der Waals surface area contributed by atoms with Crippen LogP contribution in [0, 0.1) is 17.8 Å². The van der Waals surface area contributed by atoms with Crippen LogP contribution in [-0.4, -0.2) is 50.2 Å². The standard InChI is InChI=1S/C16H29N3O3S/c1-11(15-9-12-5-6-13(15)8-12)17-16(20)18-14-4-3-7-19(10-14)23(2,21)22/h11-15H,3-10H2,1-2H3,(H2,17,18,20). The van der Waals surface area contributed by atoms with E-state index in [1.54, 1.807) is 0 Å². The molecule has 1 aliphatic heterocycles. The Balaban J connectivity index is 1.47. The monoisotopic (exact) mass is 343 g/mol. The van der Waals surface area contributed by atoms with Crippen LogP contribution in [0.4, 0.5) is 4.79 Å². The molecule has 2 N–H and O–H groups in total. The second-order valence-corrected chi connectivity index (χ2v) is 9.69. The zero-order chi connectivity index (χ0) is 16.6. The summed E-state index contributed by atoms with van der Waals surface area (Å²) in [6, 6.07) is -0.0498. The van der Waals surface area contributed by atoms with E-state index in [1.807, 2.05) is 0 Å². The van der Waals surface area contributed by atoms with Crippen molar-refractivity contribution in [1.29, 1.82) is 0 Å². The lowest BCUT2D eigenvalue weighted by atomic mass is 9.84. The second kappa shape index (κ2) is 6.59. The summed E-state index contributed by atoms with van der Waals surface area (Å²) in [5, 5.41) is 6.05. The molecule has 1 saturated heterocycles. The van der Waals surface area contributed by atoms with Gasteiger partial charge in [0.2, 0.25) is 10.0 Å². The lowest BCUT2D eigenvalue weighted by Crippen LogP contribution is -2.53. The van der Waals surface area contributed by atoms with Gasteiger partial charge >= 0.3 is 6.03 Å². The molecule has 3 aliphatic rings. The lowest BCUT2D eigenvalue weighted by molar-refractivity contribution is 0.209. The minimum atomic E-state index is -3.17. The van der Waals surface area contributed by atoms with E-state index in [-0.39, 0.29) is 18.1 Å². The van der Waals surface area contributed by atoms with E-state index in [0.717, 1.165) is 24.7 Å². The number of fused-ring (bicyclic) bond motifs is 2. The number of carbonyl (C=O) groups is 1. The van der Waals surface area contributed by atoms with Crippen molar-refractivity contribution >= 4 is 16.1 Å². The molecule has 23 heavy (non-hydrogen) atoms. The van der Waals surface area contributed by atoms with Gasteiger partial charge in [0.1, 0.15) is 0 Å². The molecule has 0 spiro atoms. The van der Waals surface area contributed by atoms with E-state index >= 15 is 0 Å². The van der Waals surface area contributed by atoms with Gasteiger partial charge in [-0.15, -0.1) is 0 Å². The number of amides is 2. The first kappa shape index (κ1) is 17.0. The highest BCUT2D eigenvalue weighted by Gasteiger charge is 2.42. The maximum absolute atomic E-state index is 12.3. The van der Waals surface area contributed by atoms with E-state index in [0.29, 0.717) is 19.0 Å². The van der Waals surface area contributed by atoms with Crippen LogP contribution < -0.4 is 10.6 Å². The molecule has 1 heterocycles. The number of piperidine rings is 1.